The molecule has 17 heavy (non-hydrogen) atoms. The van der Waals surface area contributed by atoms with Gasteiger partial charge in [-0.05, 0) is 31.5 Å². The molecule has 4 heteroatoms. The Hall–Kier alpha value is -0.770. The van der Waals surface area contributed by atoms with E-state index >= 15 is 0 Å². The van der Waals surface area contributed by atoms with Gasteiger partial charge in [-0.3, -0.25) is 0 Å². The van der Waals surface area contributed by atoms with Gasteiger partial charge in [0.25, 0.3) is 0 Å². The largest absolute Gasteiger partial charge is 0.488 e. The Bertz CT molecular complexity index is 363. The zero-order valence-electron chi connectivity index (χ0n) is 9.80. The van der Waals surface area contributed by atoms with E-state index in [4.69, 9.17) is 21.1 Å². The van der Waals surface area contributed by atoms with E-state index in [0.717, 1.165) is 13.0 Å². The predicted octanol–water partition coefficient (Wildman–Crippen LogP) is 2.50. The molecule has 94 valence electrons. The van der Waals surface area contributed by atoms with Crippen molar-refractivity contribution in [3.05, 3.63) is 29.3 Å². The summed E-state index contributed by atoms with van der Waals surface area (Å²) in [4.78, 5) is 0. The molecular formula is C13H17ClO3. The topological polar surface area (TPSA) is 38.7 Å². The van der Waals surface area contributed by atoms with E-state index in [1.807, 2.05) is 19.1 Å². The van der Waals surface area contributed by atoms with E-state index in [1.165, 1.54) is 0 Å². The maximum absolute atomic E-state index is 10.1. The first-order valence-electron chi connectivity index (χ1n) is 5.85. The second kappa shape index (κ2) is 5.71. The molecule has 1 aromatic rings. The Balaban J connectivity index is 1.93. The Labute approximate surface area is 106 Å². The SMILES string of the molecule is CC(Oc1cccc(Cl)c1)C(O)C1CCOC1. The second-order valence-corrected chi connectivity index (χ2v) is 4.83. The standard InChI is InChI=1S/C13H17ClO3/c1-9(13(15)10-5-6-16-8-10)17-12-4-2-3-11(14)7-12/h2-4,7,9-10,13,15H,5-6,8H2,1H3. The summed E-state index contributed by atoms with van der Waals surface area (Å²) in [6.45, 7) is 3.21. The molecule has 3 nitrogen and oxygen atoms in total. The third-order valence-electron chi connectivity index (χ3n) is 3.05. The summed E-state index contributed by atoms with van der Waals surface area (Å²) in [5, 5.41) is 10.7. The van der Waals surface area contributed by atoms with Gasteiger partial charge in [0.05, 0.1) is 12.7 Å². The average Bonchev–Trinajstić information content (AvgIpc) is 2.81. The van der Waals surface area contributed by atoms with Gasteiger partial charge in [-0.15, -0.1) is 0 Å². The number of rotatable bonds is 4. The molecule has 1 saturated heterocycles. The summed E-state index contributed by atoms with van der Waals surface area (Å²) >= 11 is 5.87. The van der Waals surface area contributed by atoms with E-state index < -0.39 is 6.10 Å². The first-order chi connectivity index (χ1) is 8.16. The predicted molar refractivity (Wildman–Crippen MR) is 66.5 cm³/mol. The molecule has 0 aliphatic carbocycles. The first kappa shape index (κ1) is 12.7. The molecule has 0 aromatic heterocycles. The van der Waals surface area contributed by atoms with Crippen LogP contribution in [0.15, 0.2) is 24.3 Å². The lowest BCUT2D eigenvalue weighted by Gasteiger charge is -2.24. The second-order valence-electron chi connectivity index (χ2n) is 4.39. The van der Waals surface area contributed by atoms with Gasteiger partial charge in [0.2, 0.25) is 0 Å². The van der Waals surface area contributed by atoms with Gasteiger partial charge >= 0.3 is 0 Å². The number of aliphatic hydroxyl groups excluding tert-OH is 1. The number of hydrogen-bond acceptors (Lipinski definition) is 3. The molecule has 1 N–H and O–H groups in total. The van der Waals surface area contributed by atoms with Crippen molar-refractivity contribution in [3.63, 3.8) is 0 Å². The lowest BCUT2D eigenvalue weighted by molar-refractivity contribution is 0.00320. The van der Waals surface area contributed by atoms with Crippen LogP contribution in [0.5, 0.6) is 5.75 Å². The van der Waals surface area contributed by atoms with Crippen LogP contribution in [0.1, 0.15) is 13.3 Å². The molecule has 3 atom stereocenters. The van der Waals surface area contributed by atoms with Gasteiger partial charge in [0, 0.05) is 17.5 Å². The molecule has 0 spiro atoms. The van der Waals surface area contributed by atoms with Crippen molar-refractivity contribution in [3.8, 4) is 5.75 Å². The first-order valence-corrected chi connectivity index (χ1v) is 6.22. The molecular weight excluding hydrogens is 240 g/mol. The van der Waals surface area contributed by atoms with Crippen molar-refractivity contribution in [2.24, 2.45) is 5.92 Å². The maximum atomic E-state index is 10.1. The minimum atomic E-state index is -0.503. The van der Waals surface area contributed by atoms with Crippen LogP contribution in [0.4, 0.5) is 0 Å². The molecule has 0 bridgehead atoms. The van der Waals surface area contributed by atoms with Gasteiger partial charge in [0.15, 0.2) is 0 Å². The monoisotopic (exact) mass is 256 g/mol. The molecule has 1 fully saturated rings. The highest BCUT2D eigenvalue weighted by molar-refractivity contribution is 6.30. The highest BCUT2D eigenvalue weighted by Crippen LogP contribution is 2.23. The van der Waals surface area contributed by atoms with Gasteiger partial charge in [-0.25, -0.2) is 0 Å². The summed E-state index contributed by atoms with van der Waals surface area (Å²) < 4.78 is 10.9. The van der Waals surface area contributed by atoms with Crippen molar-refractivity contribution in [2.45, 2.75) is 25.6 Å². The van der Waals surface area contributed by atoms with Gasteiger partial charge in [-0.1, -0.05) is 17.7 Å². The number of halogens is 1. The smallest absolute Gasteiger partial charge is 0.122 e. The van der Waals surface area contributed by atoms with Crippen molar-refractivity contribution in [1.29, 1.82) is 0 Å². The summed E-state index contributed by atoms with van der Waals surface area (Å²) in [7, 11) is 0. The fraction of sp³-hybridized carbons (Fsp3) is 0.538. The average molecular weight is 257 g/mol. The lowest BCUT2D eigenvalue weighted by atomic mass is 9.98. The number of hydrogen-bond donors (Lipinski definition) is 1. The fourth-order valence-corrected chi connectivity index (χ4v) is 2.21. The Kier molecular flexibility index (Phi) is 4.26. The zero-order chi connectivity index (χ0) is 12.3. The molecule has 0 amide bonds. The summed E-state index contributed by atoms with van der Waals surface area (Å²) in [6, 6.07) is 7.20. The van der Waals surface area contributed by atoms with E-state index in [1.54, 1.807) is 12.1 Å². The number of ether oxygens (including phenoxy) is 2. The van der Waals surface area contributed by atoms with E-state index in [-0.39, 0.29) is 12.0 Å². The van der Waals surface area contributed by atoms with Crippen molar-refractivity contribution in [2.75, 3.05) is 13.2 Å². The van der Waals surface area contributed by atoms with Crippen LogP contribution in [0, 0.1) is 5.92 Å². The van der Waals surface area contributed by atoms with Crippen LogP contribution in [0.25, 0.3) is 0 Å². The van der Waals surface area contributed by atoms with Gasteiger partial charge in [0.1, 0.15) is 11.9 Å². The zero-order valence-corrected chi connectivity index (χ0v) is 10.6. The van der Waals surface area contributed by atoms with Crippen LogP contribution in [0.2, 0.25) is 5.02 Å². The highest BCUT2D eigenvalue weighted by Gasteiger charge is 2.29. The van der Waals surface area contributed by atoms with Crippen molar-refractivity contribution >= 4 is 11.6 Å². The van der Waals surface area contributed by atoms with Gasteiger partial charge in [-0.2, -0.15) is 0 Å². The highest BCUT2D eigenvalue weighted by atomic mass is 35.5. The summed E-state index contributed by atoms with van der Waals surface area (Å²) in [6.07, 6.45) is 0.126. The molecule has 3 unspecified atom stereocenters. The third-order valence-corrected chi connectivity index (χ3v) is 3.28. The lowest BCUT2D eigenvalue weighted by Crippen LogP contribution is -2.35. The normalized spacial score (nSPS) is 23.4. The third kappa shape index (κ3) is 3.35. The minimum Gasteiger partial charge on any atom is -0.488 e. The van der Waals surface area contributed by atoms with Crippen LogP contribution in [-0.4, -0.2) is 30.5 Å². The quantitative estimate of drug-likeness (QED) is 0.900. The summed E-state index contributed by atoms with van der Waals surface area (Å²) in [5.41, 5.74) is 0. The van der Waals surface area contributed by atoms with Crippen molar-refractivity contribution in [1.82, 2.24) is 0 Å². The molecule has 1 aromatic carbocycles. The van der Waals surface area contributed by atoms with Crippen LogP contribution in [-0.2, 0) is 4.74 Å². The van der Waals surface area contributed by atoms with Gasteiger partial charge < -0.3 is 14.6 Å². The van der Waals surface area contributed by atoms with E-state index in [9.17, 15) is 5.11 Å². The molecule has 2 rings (SSSR count). The Morgan fingerprint density at radius 3 is 3.00 bits per heavy atom. The Morgan fingerprint density at radius 1 is 1.53 bits per heavy atom. The van der Waals surface area contributed by atoms with E-state index in [0.29, 0.717) is 17.4 Å². The maximum Gasteiger partial charge on any atom is 0.122 e. The summed E-state index contributed by atoms with van der Waals surface area (Å²) in [5.74, 6) is 0.854. The van der Waals surface area contributed by atoms with Crippen LogP contribution >= 0.6 is 11.6 Å². The molecule has 0 saturated carbocycles. The molecule has 1 aliphatic rings. The number of aliphatic hydroxyl groups is 1. The Morgan fingerprint density at radius 2 is 2.35 bits per heavy atom. The fourth-order valence-electron chi connectivity index (χ4n) is 2.03. The van der Waals surface area contributed by atoms with Crippen LogP contribution in [0.3, 0.4) is 0 Å². The van der Waals surface area contributed by atoms with E-state index in [2.05, 4.69) is 0 Å². The van der Waals surface area contributed by atoms with Crippen LogP contribution < -0.4 is 4.74 Å². The molecule has 1 aliphatic heterocycles. The molecule has 1 heterocycles. The minimum absolute atomic E-state index is 0.171. The van der Waals surface area contributed by atoms with Crippen molar-refractivity contribution < 1.29 is 14.6 Å². The molecule has 0 radical (unpaired) electrons. The number of benzene rings is 1.